The number of benzene rings is 1. The van der Waals surface area contributed by atoms with Crippen molar-refractivity contribution in [3.8, 4) is 0 Å². The molecule has 2 aliphatic heterocycles. The molecule has 0 aromatic heterocycles. The van der Waals surface area contributed by atoms with Gasteiger partial charge in [0.15, 0.2) is 0 Å². The number of fused-ring (bicyclic) bond motifs is 1. The maximum absolute atomic E-state index is 12.7. The molecular weight excluding hydrogens is 252 g/mol. The summed E-state index contributed by atoms with van der Waals surface area (Å²) in [6.07, 6.45) is 1.73. The van der Waals surface area contributed by atoms with Crippen molar-refractivity contribution in [2.24, 2.45) is 0 Å². The maximum atomic E-state index is 12.7. The lowest BCUT2D eigenvalue weighted by Crippen LogP contribution is -2.62. The summed E-state index contributed by atoms with van der Waals surface area (Å²) in [7, 11) is 0. The number of hydrogen-bond acceptors (Lipinski definition) is 2. The molecule has 3 rings (SSSR count). The largest absolute Gasteiger partial charge is 0.329 e. The zero-order chi connectivity index (χ0) is 14.3. The van der Waals surface area contributed by atoms with Crippen molar-refractivity contribution in [1.82, 2.24) is 9.80 Å². The van der Waals surface area contributed by atoms with Crippen molar-refractivity contribution in [3.05, 3.63) is 35.9 Å². The zero-order valence-electron chi connectivity index (χ0n) is 12.0. The zero-order valence-corrected chi connectivity index (χ0v) is 12.0. The van der Waals surface area contributed by atoms with E-state index in [4.69, 9.17) is 0 Å². The lowest BCUT2D eigenvalue weighted by molar-refractivity contribution is -0.161. The van der Waals surface area contributed by atoms with Crippen LogP contribution in [0.4, 0.5) is 0 Å². The molecule has 3 unspecified atom stereocenters. The third-order valence-electron chi connectivity index (χ3n) is 4.55. The molecule has 3 atom stereocenters. The number of nitrogens with zero attached hydrogens (tertiary/aromatic N) is 2. The summed E-state index contributed by atoms with van der Waals surface area (Å²) in [6.45, 7) is 4.57. The second-order valence-electron chi connectivity index (χ2n) is 5.70. The Morgan fingerprint density at radius 3 is 2.55 bits per heavy atom. The molecule has 0 spiro atoms. The SMILES string of the molecule is CC1C(=O)N2CCCC2C(=O)N1C(C)c1ccccc1. The molecular formula is C16H20N2O2. The molecule has 0 N–H and O–H groups in total. The highest BCUT2D eigenvalue weighted by Gasteiger charge is 2.47. The van der Waals surface area contributed by atoms with Gasteiger partial charge in [0, 0.05) is 6.54 Å². The van der Waals surface area contributed by atoms with Crippen LogP contribution in [-0.2, 0) is 9.59 Å². The monoisotopic (exact) mass is 272 g/mol. The smallest absolute Gasteiger partial charge is 0.246 e. The van der Waals surface area contributed by atoms with Gasteiger partial charge < -0.3 is 9.80 Å². The fourth-order valence-electron chi connectivity index (χ4n) is 3.43. The van der Waals surface area contributed by atoms with E-state index in [0.717, 1.165) is 24.9 Å². The number of hydrogen-bond donors (Lipinski definition) is 0. The molecule has 20 heavy (non-hydrogen) atoms. The molecule has 106 valence electrons. The lowest BCUT2D eigenvalue weighted by Gasteiger charge is -2.44. The predicted molar refractivity (Wildman–Crippen MR) is 75.9 cm³/mol. The van der Waals surface area contributed by atoms with Crippen molar-refractivity contribution >= 4 is 11.8 Å². The number of carbonyl (C=O) groups excluding carboxylic acids is 2. The van der Waals surface area contributed by atoms with E-state index in [1.807, 2.05) is 44.2 Å². The molecule has 2 fully saturated rings. The molecule has 4 heteroatoms. The quantitative estimate of drug-likeness (QED) is 0.826. The molecule has 0 saturated carbocycles. The van der Waals surface area contributed by atoms with E-state index in [2.05, 4.69) is 0 Å². The molecule has 2 heterocycles. The highest BCUT2D eigenvalue weighted by Crippen LogP contribution is 2.32. The molecule has 2 amide bonds. The maximum Gasteiger partial charge on any atom is 0.246 e. The summed E-state index contributed by atoms with van der Waals surface area (Å²) in [5, 5.41) is 0. The average molecular weight is 272 g/mol. The minimum atomic E-state index is -0.368. The van der Waals surface area contributed by atoms with Crippen molar-refractivity contribution in [2.75, 3.05) is 6.54 Å². The fraction of sp³-hybridized carbons (Fsp3) is 0.500. The van der Waals surface area contributed by atoms with Crippen LogP contribution in [0.25, 0.3) is 0 Å². The van der Waals surface area contributed by atoms with Crippen LogP contribution in [0.2, 0.25) is 0 Å². The van der Waals surface area contributed by atoms with Gasteiger partial charge in [-0.3, -0.25) is 9.59 Å². The van der Waals surface area contributed by atoms with Crippen LogP contribution < -0.4 is 0 Å². The van der Waals surface area contributed by atoms with E-state index in [-0.39, 0.29) is 29.9 Å². The van der Waals surface area contributed by atoms with E-state index >= 15 is 0 Å². The summed E-state index contributed by atoms with van der Waals surface area (Å²) in [5.74, 6) is 0.195. The molecule has 0 aliphatic carbocycles. The van der Waals surface area contributed by atoms with Gasteiger partial charge in [-0.15, -0.1) is 0 Å². The van der Waals surface area contributed by atoms with Crippen molar-refractivity contribution < 1.29 is 9.59 Å². The number of piperazine rings is 1. The van der Waals surface area contributed by atoms with Gasteiger partial charge in [0.1, 0.15) is 12.1 Å². The first-order chi connectivity index (χ1) is 9.61. The van der Waals surface area contributed by atoms with E-state index in [9.17, 15) is 9.59 Å². The van der Waals surface area contributed by atoms with Gasteiger partial charge in [0.05, 0.1) is 6.04 Å². The Labute approximate surface area is 119 Å². The molecule has 1 aromatic carbocycles. The fourth-order valence-corrected chi connectivity index (χ4v) is 3.43. The topological polar surface area (TPSA) is 40.6 Å². The highest BCUT2D eigenvalue weighted by atomic mass is 16.2. The van der Waals surface area contributed by atoms with E-state index < -0.39 is 0 Å². The van der Waals surface area contributed by atoms with Crippen molar-refractivity contribution in [1.29, 1.82) is 0 Å². The first kappa shape index (κ1) is 13.2. The predicted octanol–water partition coefficient (Wildman–Crippen LogP) is 1.97. The van der Waals surface area contributed by atoms with Gasteiger partial charge in [-0.05, 0) is 32.3 Å². The Balaban J connectivity index is 1.92. The van der Waals surface area contributed by atoms with Crippen LogP contribution in [0.1, 0.15) is 38.3 Å². The second-order valence-corrected chi connectivity index (χ2v) is 5.70. The Hall–Kier alpha value is -1.84. The first-order valence-corrected chi connectivity index (χ1v) is 7.29. The van der Waals surface area contributed by atoms with Gasteiger partial charge in [-0.1, -0.05) is 30.3 Å². The van der Waals surface area contributed by atoms with Crippen LogP contribution in [0.5, 0.6) is 0 Å². The molecule has 2 aliphatic rings. The minimum absolute atomic E-state index is 0.0644. The third-order valence-corrected chi connectivity index (χ3v) is 4.55. The van der Waals surface area contributed by atoms with Gasteiger partial charge in [-0.25, -0.2) is 0 Å². The highest BCUT2D eigenvalue weighted by molar-refractivity contribution is 5.97. The van der Waals surface area contributed by atoms with Crippen LogP contribution in [0.3, 0.4) is 0 Å². The van der Waals surface area contributed by atoms with Gasteiger partial charge in [-0.2, -0.15) is 0 Å². The van der Waals surface area contributed by atoms with E-state index in [0.29, 0.717) is 0 Å². The Bertz CT molecular complexity index is 529. The van der Waals surface area contributed by atoms with Gasteiger partial charge in [0.25, 0.3) is 0 Å². The van der Waals surface area contributed by atoms with Crippen LogP contribution in [0.15, 0.2) is 30.3 Å². The van der Waals surface area contributed by atoms with E-state index in [1.165, 1.54) is 0 Å². The van der Waals surface area contributed by atoms with Gasteiger partial charge >= 0.3 is 0 Å². The number of amides is 2. The molecule has 2 saturated heterocycles. The average Bonchev–Trinajstić information content (AvgIpc) is 2.96. The third kappa shape index (κ3) is 1.90. The van der Waals surface area contributed by atoms with Crippen molar-refractivity contribution in [3.63, 3.8) is 0 Å². The summed E-state index contributed by atoms with van der Waals surface area (Å²) in [4.78, 5) is 28.7. The molecule has 4 nitrogen and oxygen atoms in total. The number of rotatable bonds is 2. The van der Waals surface area contributed by atoms with Crippen LogP contribution in [0, 0.1) is 0 Å². The lowest BCUT2D eigenvalue weighted by atomic mass is 9.99. The van der Waals surface area contributed by atoms with Gasteiger partial charge in [0.2, 0.25) is 11.8 Å². The Morgan fingerprint density at radius 2 is 1.85 bits per heavy atom. The number of carbonyl (C=O) groups is 2. The Kier molecular flexibility index (Phi) is 3.24. The summed E-state index contributed by atoms with van der Waals surface area (Å²) >= 11 is 0. The first-order valence-electron chi connectivity index (χ1n) is 7.29. The van der Waals surface area contributed by atoms with E-state index in [1.54, 1.807) is 9.80 Å². The molecule has 1 aromatic rings. The molecule has 0 radical (unpaired) electrons. The summed E-state index contributed by atoms with van der Waals surface area (Å²) < 4.78 is 0. The second kappa shape index (κ2) is 4.93. The Morgan fingerprint density at radius 1 is 1.15 bits per heavy atom. The summed E-state index contributed by atoms with van der Waals surface area (Å²) in [5.41, 5.74) is 1.08. The van der Waals surface area contributed by atoms with Crippen LogP contribution in [-0.4, -0.2) is 40.2 Å². The van der Waals surface area contributed by atoms with Crippen molar-refractivity contribution in [2.45, 2.75) is 44.8 Å². The normalized spacial score (nSPS) is 27.7. The summed E-state index contributed by atoms with van der Waals surface area (Å²) in [6, 6.07) is 9.25. The van der Waals surface area contributed by atoms with Crippen LogP contribution >= 0.6 is 0 Å². The molecule has 0 bridgehead atoms. The minimum Gasteiger partial charge on any atom is -0.329 e. The standard InChI is InChI=1S/C16H20N2O2/c1-11(13-7-4-3-5-8-13)18-12(2)15(19)17-10-6-9-14(17)16(18)20/h3-5,7-8,11-12,14H,6,9-10H2,1-2H3.